The summed E-state index contributed by atoms with van der Waals surface area (Å²) in [6, 6.07) is 18.3. The first-order chi connectivity index (χ1) is 26.3. The lowest BCUT2D eigenvalue weighted by Gasteiger charge is -2.26. The molecule has 2 heterocycles. The molecule has 14 nitrogen and oxygen atoms in total. The molecule has 5 N–H and O–H groups in total. The molecule has 3 aromatic carbocycles. The third-order valence-electron chi connectivity index (χ3n) is 8.94. The van der Waals surface area contributed by atoms with Crippen LogP contribution in [0.15, 0.2) is 72.8 Å². The number of hydrogen-bond donors (Lipinski definition) is 5. The van der Waals surface area contributed by atoms with Crippen molar-refractivity contribution in [2.24, 2.45) is 0 Å². The second kappa shape index (κ2) is 16.7. The van der Waals surface area contributed by atoms with Crippen molar-refractivity contribution in [3.05, 3.63) is 100 Å². The van der Waals surface area contributed by atoms with Crippen molar-refractivity contribution in [1.29, 1.82) is 0 Å². The number of halogens is 4. The van der Waals surface area contributed by atoms with Gasteiger partial charge in [-0.25, -0.2) is 4.79 Å². The molecule has 4 aromatic rings. The van der Waals surface area contributed by atoms with Gasteiger partial charge in [0.05, 0.1) is 12.1 Å². The standard InChI is InChI=1S/C37H35ClF3N7O7/c38-24-9-7-23(8-10-24)36(16-17-36)48-34-45-33(46-35(47-34)55-20-37(39,40)41)43-25-11-5-22(6-12-25)30(50)44-27(32(52)53)13-14-28(49)31(51)42-19-29-26-4-2-1-3-21(26)15-18-54-29/h1-12,27,29H,13-20H2,(H,42,51)(H,44,50)(H,52,53)(H2,43,45,46,47,48)/t27-,29?/m1/s1. The van der Waals surface area contributed by atoms with Crippen LogP contribution in [0.1, 0.15) is 58.8 Å². The lowest BCUT2D eigenvalue weighted by molar-refractivity contribution is -0.154. The number of carbonyl (C=O) groups excluding carboxylic acids is 3. The number of rotatable bonds is 16. The van der Waals surface area contributed by atoms with Crippen LogP contribution >= 0.6 is 11.6 Å². The third kappa shape index (κ3) is 10.5. The van der Waals surface area contributed by atoms with Gasteiger partial charge in [-0.05, 0) is 78.8 Å². The van der Waals surface area contributed by atoms with Gasteiger partial charge >= 0.3 is 18.2 Å². The van der Waals surface area contributed by atoms with E-state index in [1.165, 1.54) is 24.3 Å². The van der Waals surface area contributed by atoms with Gasteiger partial charge in [-0.3, -0.25) is 14.4 Å². The Labute approximate surface area is 317 Å². The summed E-state index contributed by atoms with van der Waals surface area (Å²) in [6.07, 6.45) is -3.71. The highest BCUT2D eigenvalue weighted by Crippen LogP contribution is 2.48. The van der Waals surface area contributed by atoms with Gasteiger partial charge in [0.2, 0.25) is 17.7 Å². The predicted molar refractivity (Wildman–Crippen MR) is 192 cm³/mol. The van der Waals surface area contributed by atoms with Crippen molar-refractivity contribution in [1.82, 2.24) is 25.6 Å². The number of hydrogen-bond acceptors (Lipinski definition) is 11. The molecule has 2 amide bonds. The number of aromatic nitrogens is 3. The number of aliphatic carboxylic acids is 1. The monoisotopic (exact) mass is 781 g/mol. The SMILES string of the molecule is O=C(CC[C@@H](NC(=O)c1ccc(Nc2nc(NC3(c4ccc(Cl)cc4)CC3)nc(OCC(F)(F)F)n2)cc1)C(=O)O)C(=O)NCC1OCCc2ccccc21. The number of nitrogens with zero attached hydrogens (tertiary/aromatic N) is 3. The number of amides is 2. The molecular weight excluding hydrogens is 747 g/mol. The predicted octanol–water partition coefficient (Wildman–Crippen LogP) is 5.27. The Balaban J connectivity index is 1.05. The van der Waals surface area contributed by atoms with E-state index in [1.54, 1.807) is 12.1 Å². The number of carboxylic acid groups (broad SMARTS) is 1. The van der Waals surface area contributed by atoms with Crippen molar-refractivity contribution >= 4 is 52.8 Å². The molecule has 0 saturated heterocycles. The average molecular weight is 782 g/mol. The van der Waals surface area contributed by atoms with Crippen molar-refractivity contribution in [3.8, 4) is 6.01 Å². The number of carboxylic acids is 1. The smallest absolute Gasteiger partial charge is 0.422 e. The molecule has 1 aromatic heterocycles. The summed E-state index contributed by atoms with van der Waals surface area (Å²) < 4.78 is 49.4. The van der Waals surface area contributed by atoms with E-state index in [2.05, 4.69) is 36.2 Å². The summed E-state index contributed by atoms with van der Waals surface area (Å²) in [4.78, 5) is 62.3. The summed E-state index contributed by atoms with van der Waals surface area (Å²) in [6.45, 7) is -1.10. The zero-order chi connectivity index (χ0) is 39.2. The Morgan fingerprint density at radius 3 is 2.36 bits per heavy atom. The van der Waals surface area contributed by atoms with Crippen LogP contribution in [0.3, 0.4) is 0 Å². The average Bonchev–Trinajstić information content (AvgIpc) is 3.94. The number of carbonyl (C=O) groups is 4. The van der Waals surface area contributed by atoms with Crippen molar-refractivity contribution in [2.75, 3.05) is 30.4 Å². The fourth-order valence-corrected chi connectivity index (χ4v) is 6.05. The molecule has 0 bridgehead atoms. The van der Waals surface area contributed by atoms with E-state index < -0.39 is 66.5 Å². The van der Waals surface area contributed by atoms with Gasteiger partial charge in [0.25, 0.3) is 11.8 Å². The van der Waals surface area contributed by atoms with Gasteiger partial charge in [-0.1, -0.05) is 48.0 Å². The van der Waals surface area contributed by atoms with Crippen LogP contribution in [-0.4, -0.2) is 75.6 Å². The fourth-order valence-electron chi connectivity index (χ4n) is 5.92. The molecule has 1 saturated carbocycles. The van der Waals surface area contributed by atoms with Gasteiger partial charge in [0.15, 0.2) is 6.61 Å². The highest BCUT2D eigenvalue weighted by atomic mass is 35.5. The molecule has 55 heavy (non-hydrogen) atoms. The van der Waals surface area contributed by atoms with Crippen LogP contribution in [0.5, 0.6) is 6.01 Å². The second-order valence-electron chi connectivity index (χ2n) is 12.9. The Bertz CT molecular complexity index is 2050. The molecule has 1 aliphatic heterocycles. The van der Waals surface area contributed by atoms with Gasteiger partial charge in [0.1, 0.15) is 12.1 Å². The number of benzene rings is 3. The minimum Gasteiger partial charge on any atom is -0.480 e. The van der Waals surface area contributed by atoms with Gasteiger partial charge in [0, 0.05) is 29.2 Å². The Morgan fingerprint density at radius 2 is 1.67 bits per heavy atom. The van der Waals surface area contributed by atoms with Crippen molar-refractivity contribution in [3.63, 3.8) is 0 Å². The molecule has 18 heteroatoms. The fraction of sp³-hybridized carbons (Fsp3) is 0.324. The first kappa shape index (κ1) is 38.9. The Hall–Kier alpha value is -5.81. The number of anilines is 3. The zero-order valence-electron chi connectivity index (χ0n) is 29.0. The van der Waals surface area contributed by atoms with E-state index >= 15 is 0 Å². The van der Waals surface area contributed by atoms with Crippen molar-refractivity contribution < 1.29 is 46.9 Å². The summed E-state index contributed by atoms with van der Waals surface area (Å²) >= 11 is 6.02. The molecule has 0 radical (unpaired) electrons. The summed E-state index contributed by atoms with van der Waals surface area (Å²) in [5.41, 5.74) is 2.71. The maximum atomic E-state index is 13.0. The maximum absolute atomic E-state index is 13.0. The van der Waals surface area contributed by atoms with E-state index in [-0.39, 0.29) is 30.4 Å². The third-order valence-corrected chi connectivity index (χ3v) is 9.19. The summed E-state index contributed by atoms with van der Waals surface area (Å²) in [5.74, 6) is -4.11. The number of fused-ring (bicyclic) bond motifs is 1. The molecule has 2 atom stereocenters. The number of ketones is 1. The zero-order valence-corrected chi connectivity index (χ0v) is 29.7. The normalized spacial score (nSPS) is 16.2. The second-order valence-corrected chi connectivity index (χ2v) is 13.4. The van der Waals surface area contributed by atoms with Gasteiger partial charge < -0.3 is 35.8 Å². The maximum Gasteiger partial charge on any atom is 0.422 e. The van der Waals surface area contributed by atoms with Crippen LogP contribution in [-0.2, 0) is 31.1 Å². The molecular formula is C37H35ClF3N7O7. The minimum atomic E-state index is -4.65. The summed E-state index contributed by atoms with van der Waals surface area (Å²) in [7, 11) is 0. The van der Waals surface area contributed by atoms with Crippen LogP contribution < -0.4 is 26.0 Å². The first-order valence-electron chi connectivity index (χ1n) is 17.2. The number of alkyl halides is 3. The number of nitrogens with one attached hydrogen (secondary N) is 4. The van der Waals surface area contributed by atoms with E-state index in [1.807, 2.05) is 36.4 Å². The Morgan fingerprint density at radius 1 is 0.964 bits per heavy atom. The van der Waals surface area contributed by atoms with E-state index in [0.29, 0.717) is 30.2 Å². The quantitative estimate of drug-likeness (QED) is 0.0926. The molecule has 1 aliphatic carbocycles. The van der Waals surface area contributed by atoms with Crippen LogP contribution in [0.2, 0.25) is 5.02 Å². The largest absolute Gasteiger partial charge is 0.480 e. The van der Waals surface area contributed by atoms with Crippen LogP contribution in [0, 0.1) is 0 Å². The highest BCUT2D eigenvalue weighted by Gasteiger charge is 2.45. The highest BCUT2D eigenvalue weighted by molar-refractivity contribution is 6.36. The lowest BCUT2D eigenvalue weighted by atomic mass is 9.97. The van der Waals surface area contributed by atoms with Crippen LogP contribution in [0.25, 0.3) is 0 Å². The summed E-state index contributed by atoms with van der Waals surface area (Å²) in [5, 5.41) is 21.2. The molecule has 288 valence electrons. The van der Waals surface area contributed by atoms with E-state index in [0.717, 1.165) is 23.1 Å². The van der Waals surface area contributed by atoms with Crippen molar-refractivity contribution in [2.45, 2.75) is 56.0 Å². The molecule has 1 fully saturated rings. The van der Waals surface area contributed by atoms with Gasteiger partial charge in [-0.2, -0.15) is 28.1 Å². The minimum absolute atomic E-state index is 0.0437. The number of ether oxygens (including phenoxy) is 2. The molecule has 0 spiro atoms. The molecule has 6 rings (SSSR count). The van der Waals surface area contributed by atoms with Gasteiger partial charge in [-0.15, -0.1) is 0 Å². The van der Waals surface area contributed by atoms with Crippen LogP contribution in [0.4, 0.5) is 30.8 Å². The first-order valence-corrected chi connectivity index (χ1v) is 17.6. The molecule has 2 aliphatic rings. The topological polar surface area (TPSA) is 194 Å². The lowest BCUT2D eigenvalue weighted by Crippen LogP contribution is -2.42. The van der Waals surface area contributed by atoms with E-state index in [9.17, 15) is 37.5 Å². The Kier molecular flexibility index (Phi) is 11.8. The number of Topliss-reactive ketones (excluding diaryl/α,β-unsaturated/α-hetero) is 1. The van der Waals surface area contributed by atoms with E-state index in [4.69, 9.17) is 21.1 Å². The molecule has 1 unspecified atom stereocenters.